The summed E-state index contributed by atoms with van der Waals surface area (Å²) in [5.41, 5.74) is 0.0263. The lowest BCUT2D eigenvalue weighted by molar-refractivity contribution is 0.0689. The molecule has 0 unspecified atom stereocenters. The highest BCUT2D eigenvalue weighted by Crippen LogP contribution is 2.10. The van der Waals surface area contributed by atoms with Crippen LogP contribution < -0.4 is 0 Å². The Morgan fingerprint density at radius 3 is 2.75 bits per heavy atom. The lowest BCUT2D eigenvalue weighted by Gasteiger charge is -1.85. The summed E-state index contributed by atoms with van der Waals surface area (Å²) in [5, 5.41) is 8.62. The summed E-state index contributed by atoms with van der Waals surface area (Å²) >= 11 is 0. The second-order valence-corrected chi connectivity index (χ2v) is 2.57. The van der Waals surface area contributed by atoms with Gasteiger partial charge in [-0.15, -0.1) is 0 Å². The van der Waals surface area contributed by atoms with Crippen molar-refractivity contribution in [3.63, 3.8) is 0 Å². The van der Waals surface area contributed by atoms with Gasteiger partial charge >= 0.3 is 5.97 Å². The Kier molecular flexibility index (Phi) is 2.47. The summed E-state index contributed by atoms with van der Waals surface area (Å²) in [6.45, 7) is 3.59. The Balaban J connectivity index is 2.92. The summed E-state index contributed by atoms with van der Waals surface area (Å²) in [4.78, 5) is 14.3. The number of carboxylic acid groups (broad SMARTS) is 1. The minimum absolute atomic E-state index is 0.0263. The maximum absolute atomic E-state index is 10.5. The van der Waals surface area contributed by atoms with Crippen molar-refractivity contribution in [1.82, 2.24) is 4.98 Å². The van der Waals surface area contributed by atoms with Crippen molar-refractivity contribution in [1.29, 1.82) is 0 Å². The largest absolute Gasteiger partial charge is 0.476 e. The Labute approximate surface area is 70.2 Å². The smallest absolute Gasteiger partial charge is 0.358 e. The first-order valence-corrected chi connectivity index (χ1v) is 3.84. The van der Waals surface area contributed by atoms with Crippen LogP contribution in [-0.4, -0.2) is 16.1 Å². The van der Waals surface area contributed by atoms with Gasteiger partial charge in [-0.1, -0.05) is 6.92 Å². The Hall–Kier alpha value is -1.32. The Morgan fingerprint density at radius 1 is 1.67 bits per heavy atom. The molecular weight excluding hydrogens is 158 g/mol. The van der Waals surface area contributed by atoms with E-state index in [4.69, 9.17) is 9.52 Å². The number of aromatic nitrogens is 1. The van der Waals surface area contributed by atoms with Gasteiger partial charge in [0.25, 0.3) is 0 Å². The lowest BCUT2D eigenvalue weighted by Crippen LogP contribution is -1.98. The van der Waals surface area contributed by atoms with Gasteiger partial charge in [0.2, 0.25) is 0 Å². The van der Waals surface area contributed by atoms with Crippen molar-refractivity contribution in [2.24, 2.45) is 0 Å². The van der Waals surface area contributed by atoms with Gasteiger partial charge in [-0.25, -0.2) is 9.78 Å². The summed E-state index contributed by atoms with van der Waals surface area (Å²) in [6.07, 6.45) is 1.59. The van der Waals surface area contributed by atoms with Gasteiger partial charge in [-0.05, 0) is 13.3 Å². The normalized spacial score (nSPS) is 10.2. The summed E-state index contributed by atoms with van der Waals surface area (Å²) < 4.78 is 5.12. The van der Waals surface area contributed by atoms with Crippen LogP contribution in [0.25, 0.3) is 0 Å². The van der Waals surface area contributed by atoms with E-state index in [1.807, 2.05) is 6.92 Å². The molecule has 0 bridgehead atoms. The van der Waals surface area contributed by atoms with E-state index in [0.29, 0.717) is 18.1 Å². The van der Waals surface area contributed by atoms with E-state index < -0.39 is 5.97 Å². The molecule has 0 saturated heterocycles. The van der Waals surface area contributed by atoms with Crippen LogP contribution in [0.2, 0.25) is 0 Å². The molecule has 4 nitrogen and oxygen atoms in total. The SMILES string of the molecule is CCCc1nc(C(=O)O)c(C)o1. The highest BCUT2D eigenvalue weighted by atomic mass is 16.4. The molecule has 1 heterocycles. The molecule has 0 aliphatic carbocycles. The second-order valence-electron chi connectivity index (χ2n) is 2.57. The molecule has 0 aliphatic rings. The summed E-state index contributed by atoms with van der Waals surface area (Å²) in [6, 6.07) is 0. The van der Waals surface area contributed by atoms with E-state index in [0.717, 1.165) is 6.42 Å². The number of carboxylic acids is 1. The second kappa shape index (κ2) is 3.38. The molecule has 4 heteroatoms. The first-order valence-electron chi connectivity index (χ1n) is 3.84. The molecule has 1 aromatic rings. The van der Waals surface area contributed by atoms with E-state index in [1.165, 1.54) is 0 Å². The highest BCUT2D eigenvalue weighted by molar-refractivity contribution is 5.86. The van der Waals surface area contributed by atoms with Crippen molar-refractivity contribution in [3.8, 4) is 0 Å². The fraction of sp³-hybridized carbons (Fsp3) is 0.500. The maximum atomic E-state index is 10.5. The molecule has 0 aliphatic heterocycles. The zero-order valence-corrected chi connectivity index (χ0v) is 7.13. The van der Waals surface area contributed by atoms with Crippen molar-refractivity contribution >= 4 is 5.97 Å². The summed E-state index contributed by atoms with van der Waals surface area (Å²) in [7, 11) is 0. The van der Waals surface area contributed by atoms with Crippen molar-refractivity contribution < 1.29 is 14.3 Å². The molecule has 1 N–H and O–H groups in total. The number of nitrogens with zero attached hydrogens (tertiary/aromatic N) is 1. The van der Waals surface area contributed by atoms with Crippen LogP contribution in [0.15, 0.2) is 4.42 Å². The molecule has 0 amide bonds. The number of aromatic carboxylic acids is 1. The standard InChI is InChI=1S/C8H11NO3/c1-3-4-6-9-7(8(10)11)5(2)12-6/h3-4H2,1-2H3,(H,10,11). The number of hydrogen-bond acceptors (Lipinski definition) is 3. The van der Waals surface area contributed by atoms with Crippen LogP contribution in [0.1, 0.15) is 35.5 Å². The molecule has 0 saturated carbocycles. The van der Waals surface area contributed by atoms with Crippen LogP contribution in [-0.2, 0) is 6.42 Å². The minimum atomic E-state index is -1.03. The third kappa shape index (κ3) is 1.64. The minimum Gasteiger partial charge on any atom is -0.476 e. The molecule has 12 heavy (non-hydrogen) atoms. The molecule has 0 fully saturated rings. The average molecular weight is 169 g/mol. The zero-order valence-electron chi connectivity index (χ0n) is 7.13. The predicted molar refractivity (Wildman–Crippen MR) is 42.2 cm³/mol. The van der Waals surface area contributed by atoms with E-state index in [2.05, 4.69) is 4.98 Å². The highest BCUT2D eigenvalue weighted by Gasteiger charge is 2.14. The van der Waals surface area contributed by atoms with Gasteiger partial charge in [-0.2, -0.15) is 0 Å². The van der Waals surface area contributed by atoms with Gasteiger partial charge in [0.05, 0.1) is 0 Å². The molecule has 1 rings (SSSR count). The van der Waals surface area contributed by atoms with E-state index >= 15 is 0 Å². The van der Waals surface area contributed by atoms with Gasteiger partial charge in [0.1, 0.15) is 5.76 Å². The molecule has 0 atom stereocenters. The molecule has 66 valence electrons. The van der Waals surface area contributed by atoms with Crippen LogP contribution >= 0.6 is 0 Å². The Morgan fingerprint density at radius 2 is 2.33 bits per heavy atom. The Bertz CT molecular complexity index is 290. The summed E-state index contributed by atoms with van der Waals surface area (Å²) in [5.74, 6) is -0.142. The fourth-order valence-corrected chi connectivity index (χ4v) is 0.971. The van der Waals surface area contributed by atoms with Crippen molar-refractivity contribution in [2.75, 3.05) is 0 Å². The number of hydrogen-bond donors (Lipinski definition) is 1. The van der Waals surface area contributed by atoms with Crippen LogP contribution in [0, 0.1) is 6.92 Å². The molecule has 0 spiro atoms. The lowest BCUT2D eigenvalue weighted by atomic mass is 10.3. The third-order valence-corrected chi connectivity index (χ3v) is 1.51. The zero-order chi connectivity index (χ0) is 9.14. The van der Waals surface area contributed by atoms with Gasteiger partial charge in [0.15, 0.2) is 11.6 Å². The van der Waals surface area contributed by atoms with Crippen LogP contribution in [0.3, 0.4) is 0 Å². The van der Waals surface area contributed by atoms with Crippen molar-refractivity contribution in [2.45, 2.75) is 26.7 Å². The average Bonchev–Trinajstić information content (AvgIpc) is 2.32. The van der Waals surface area contributed by atoms with Gasteiger partial charge in [0, 0.05) is 6.42 Å². The first kappa shape index (κ1) is 8.77. The van der Waals surface area contributed by atoms with Crippen LogP contribution in [0.5, 0.6) is 0 Å². The third-order valence-electron chi connectivity index (χ3n) is 1.51. The topological polar surface area (TPSA) is 63.3 Å². The number of rotatable bonds is 3. The first-order chi connectivity index (χ1) is 5.65. The van der Waals surface area contributed by atoms with E-state index in [1.54, 1.807) is 6.92 Å². The van der Waals surface area contributed by atoms with E-state index in [-0.39, 0.29) is 5.69 Å². The molecule has 0 aromatic carbocycles. The molecular formula is C8H11NO3. The van der Waals surface area contributed by atoms with Gasteiger partial charge < -0.3 is 9.52 Å². The predicted octanol–water partition coefficient (Wildman–Crippen LogP) is 1.63. The number of aryl methyl sites for hydroxylation is 2. The molecule has 0 radical (unpaired) electrons. The van der Waals surface area contributed by atoms with Crippen LogP contribution in [0.4, 0.5) is 0 Å². The van der Waals surface area contributed by atoms with E-state index in [9.17, 15) is 4.79 Å². The van der Waals surface area contributed by atoms with Crippen molar-refractivity contribution in [3.05, 3.63) is 17.3 Å². The fourth-order valence-electron chi connectivity index (χ4n) is 0.971. The number of carbonyl (C=O) groups is 1. The van der Waals surface area contributed by atoms with Gasteiger partial charge in [-0.3, -0.25) is 0 Å². The maximum Gasteiger partial charge on any atom is 0.358 e. The number of oxazole rings is 1. The quantitative estimate of drug-likeness (QED) is 0.746. The monoisotopic (exact) mass is 169 g/mol. The molecule has 1 aromatic heterocycles.